The molecule has 0 spiro atoms. The zero-order valence-electron chi connectivity index (χ0n) is 17.7. The number of carbonyl (C=O) groups is 5. The second kappa shape index (κ2) is 13.1. The van der Waals surface area contributed by atoms with Crippen LogP contribution in [0.15, 0.2) is 0 Å². The number of hydrogen-bond acceptors (Lipinski definition) is 7. The van der Waals surface area contributed by atoms with Crippen LogP contribution >= 0.6 is 12.6 Å². The molecule has 11 nitrogen and oxygen atoms in total. The van der Waals surface area contributed by atoms with Gasteiger partial charge in [-0.25, -0.2) is 4.79 Å². The third kappa shape index (κ3) is 9.92. The van der Waals surface area contributed by atoms with Crippen LogP contribution in [0.1, 0.15) is 40.5 Å². The third-order valence-corrected chi connectivity index (χ3v) is 4.53. The van der Waals surface area contributed by atoms with Gasteiger partial charge in [0.05, 0.1) is 12.5 Å². The summed E-state index contributed by atoms with van der Waals surface area (Å²) in [6, 6.07) is -4.46. The summed E-state index contributed by atoms with van der Waals surface area (Å²) >= 11 is 3.95. The first-order chi connectivity index (χ1) is 13.8. The van der Waals surface area contributed by atoms with E-state index in [4.69, 9.17) is 11.5 Å². The Hall–Kier alpha value is -2.34. The molecular formula is C18H33N5O6S. The largest absolute Gasteiger partial charge is 0.480 e. The van der Waals surface area contributed by atoms with E-state index in [-0.39, 0.29) is 24.0 Å². The molecule has 0 rings (SSSR count). The highest BCUT2D eigenvalue weighted by Crippen LogP contribution is 2.09. The fourth-order valence-electron chi connectivity index (χ4n) is 2.52. The van der Waals surface area contributed by atoms with E-state index < -0.39 is 60.2 Å². The SMILES string of the molecule is CC(C)CC(NC(=O)C(NC(=O)C(N)CS)C(C)C)C(=O)NC(CC(N)=O)C(=O)O. The van der Waals surface area contributed by atoms with E-state index in [9.17, 15) is 29.1 Å². The van der Waals surface area contributed by atoms with Gasteiger partial charge in [-0.15, -0.1) is 0 Å². The number of nitrogens with one attached hydrogen (secondary N) is 3. The summed E-state index contributed by atoms with van der Waals surface area (Å²) < 4.78 is 0. The molecule has 0 aromatic heterocycles. The van der Waals surface area contributed by atoms with Crippen molar-refractivity contribution in [3.63, 3.8) is 0 Å². The van der Waals surface area contributed by atoms with E-state index in [1.165, 1.54) is 0 Å². The van der Waals surface area contributed by atoms with Crippen molar-refractivity contribution in [3.05, 3.63) is 0 Å². The fourth-order valence-corrected chi connectivity index (χ4v) is 2.68. The number of carboxylic acids is 1. The molecule has 172 valence electrons. The van der Waals surface area contributed by atoms with Crippen molar-refractivity contribution in [2.75, 3.05) is 5.75 Å². The molecular weight excluding hydrogens is 414 g/mol. The minimum Gasteiger partial charge on any atom is -0.480 e. The minimum atomic E-state index is -1.52. The van der Waals surface area contributed by atoms with Gasteiger partial charge in [0.15, 0.2) is 0 Å². The average Bonchev–Trinajstić information content (AvgIpc) is 2.62. The minimum absolute atomic E-state index is 0.0230. The van der Waals surface area contributed by atoms with Gasteiger partial charge in [-0.2, -0.15) is 12.6 Å². The van der Waals surface area contributed by atoms with Crippen molar-refractivity contribution in [2.45, 2.75) is 64.7 Å². The molecule has 8 N–H and O–H groups in total. The lowest BCUT2D eigenvalue weighted by Crippen LogP contribution is -2.59. The normalized spacial score (nSPS) is 15.1. The smallest absolute Gasteiger partial charge is 0.326 e. The number of nitrogens with two attached hydrogens (primary N) is 2. The summed E-state index contributed by atoms with van der Waals surface area (Å²) in [6.45, 7) is 7.05. The maximum Gasteiger partial charge on any atom is 0.326 e. The summed E-state index contributed by atoms with van der Waals surface area (Å²) in [7, 11) is 0. The number of aliphatic carboxylic acids is 1. The van der Waals surface area contributed by atoms with E-state index in [1.54, 1.807) is 13.8 Å². The highest BCUT2D eigenvalue weighted by atomic mass is 32.1. The number of rotatable bonds is 13. The molecule has 0 fully saturated rings. The highest BCUT2D eigenvalue weighted by molar-refractivity contribution is 7.80. The van der Waals surface area contributed by atoms with Crippen LogP contribution in [0, 0.1) is 11.8 Å². The molecule has 0 aromatic carbocycles. The van der Waals surface area contributed by atoms with Crippen molar-refractivity contribution in [1.29, 1.82) is 0 Å². The highest BCUT2D eigenvalue weighted by Gasteiger charge is 2.32. The van der Waals surface area contributed by atoms with Gasteiger partial charge >= 0.3 is 5.97 Å². The lowest BCUT2D eigenvalue weighted by Gasteiger charge is -2.27. The third-order valence-electron chi connectivity index (χ3n) is 4.14. The predicted molar refractivity (Wildman–Crippen MR) is 113 cm³/mol. The lowest BCUT2D eigenvalue weighted by atomic mass is 9.99. The Bertz CT molecular complexity index is 643. The first kappa shape index (κ1) is 27.7. The fraction of sp³-hybridized carbons (Fsp3) is 0.722. The molecule has 12 heteroatoms. The Labute approximate surface area is 181 Å². The van der Waals surface area contributed by atoms with Crippen molar-refractivity contribution in [3.8, 4) is 0 Å². The maximum atomic E-state index is 12.8. The number of carbonyl (C=O) groups excluding carboxylic acids is 4. The van der Waals surface area contributed by atoms with E-state index in [0.717, 1.165) is 0 Å². The number of primary amides is 1. The zero-order chi connectivity index (χ0) is 23.6. The van der Waals surface area contributed by atoms with Gasteiger partial charge in [0, 0.05) is 5.75 Å². The molecule has 0 aromatic rings. The molecule has 30 heavy (non-hydrogen) atoms. The molecule has 0 radical (unpaired) electrons. The lowest BCUT2D eigenvalue weighted by molar-refractivity contribution is -0.144. The second-order valence-corrected chi connectivity index (χ2v) is 8.15. The Morgan fingerprint density at radius 1 is 0.900 bits per heavy atom. The molecule has 0 aliphatic rings. The van der Waals surface area contributed by atoms with Crippen LogP contribution in [0.2, 0.25) is 0 Å². The standard InChI is InChI=1S/C18H33N5O6S/c1-8(2)5-11(16(26)22-12(18(28)29)6-13(20)24)21-17(27)14(9(3)4)23-15(25)10(19)7-30/h8-12,14,30H,5-7,19H2,1-4H3,(H2,20,24)(H,21,27)(H,22,26)(H,23,25)(H,28,29). The van der Waals surface area contributed by atoms with Gasteiger partial charge in [0.2, 0.25) is 23.6 Å². The Morgan fingerprint density at radius 2 is 1.43 bits per heavy atom. The number of thiol groups is 1. The Kier molecular flexibility index (Phi) is 12.0. The van der Waals surface area contributed by atoms with E-state index in [1.807, 2.05) is 13.8 Å². The summed E-state index contributed by atoms with van der Waals surface area (Å²) in [5, 5.41) is 16.5. The first-order valence-corrected chi connectivity index (χ1v) is 10.2. The van der Waals surface area contributed by atoms with Crippen LogP contribution in [0.5, 0.6) is 0 Å². The molecule has 0 heterocycles. The maximum absolute atomic E-state index is 12.8. The molecule has 4 amide bonds. The topological polar surface area (TPSA) is 194 Å². The zero-order valence-corrected chi connectivity index (χ0v) is 18.6. The number of carboxylic acid groups (broad SMARTS) is 1. The molecule has 0 bridgehead atoms. The van der Waals surface area contributed by atoms with Gasteiger partial charge in [0.1, 0.15) is 18.1 Å². The van der Waals surface area contributed by atoms with Crippen LogP contribution in [-0.4, -0.2) is 64.6 Å². The van der Waals surface area contributed by atoms with E-state index in [2.05, 4.69) is 28.6 Å². The second-order valence-electron chi connectivity index (χ2n) is 7.78. The van der Waals surface area contributed by atoms with Crippen molar-refractivity contribution in [2.24, 2.45) is 23.3 Å². The van der Waals surface area contributed by atoms with Crippen LogP contribution < -0.4 is 27.4 Å². The molecule has 4 atom stereocenters. The molecule has 0 saturated heterocycles. The van der Waals surface area contributed by atoms with Crippen molar-refractivity contribution < 1.29 is 29.1 Å². The summed E-state index contributed by atoms with van der Waals surface area (Å²) in [4.78, 5) is 59.8. The van der Waals surface area contributed by atoms with E-state index in [0.29, 0.717) is 0 Å². The van der Waals surface area contributed by atoms with Crippen molar-refractivity contribution >= 4 is 42.2 Å². The van der Waals surface area contributed by atoms with E-state index >= 15 is 0 Å². The summed E-state index contributed by atoms with van der Waals surface area (Å²) in [5.74, 6) is -4.52. The quantitative estimate of drug-likeness (QED) is 0.164. The van der Waals surface area contributed by atoms with Gasteiger partial charge < -0.3 is 32.5 Å². The number of hydrogen-bond donors (Lipinski definition) is 7. The Balaban J connectivity index is 5.43. The molecule has 0 aliphatic carbocycles. The molecule has 0 saturated carbocycles. The van der Waals surface area contributed by atoms with Gasteiger partial charge in [0.25, 0.3) is 0 Å². The van der Waals surface area contributed by atoms with Gasteiger partial charge in [-0.05, 0) is 18.3 Å². The Morgan fingerprint density at radius 3 is 1.83 bits per heavy atom. The summed E-state index contributed by atoms with van der Waals surface area (Å²) in [5.41, 5.74) is 10.6. The van der Waals surface area contributed by atoms with Crippen LogP contribution in [0.3, 0.4) is 0 Å². The van der Waals surface area contributed by atoms with Gasteiger partial charge in [-0.3, -0.25) is 19.2 Å². The average molecular weight is 448 g/mol. The van der Waals surface area contributed by atoms with Crippen molar-refractivity contribution in [1.82, 2.24) is 16.0 Å². The van der Waals surface area contributed by atoms with Crippen LogP contribution in [-0.2, 0) is 24.0 Å². The molecule has 4 unspecified atom stereocenters. The van der Waals surface area contributed by atoms with Gasteiger partial charge in [-0.1, -0.05) is 27.7 Å². The first-order valence-electron chi connectivity index (χ1n) is 9.58. The predicted octanol–water partition coefficient (Wildman–Crippen LogP) is -1.64. The summed E-state index contributed by atoms with van der Waals surface area (Å²) in [6.07, 6.45) is -0.384. The van der Waals surface area contributed by atoms with Crippen LogP contribution in [0.25, 0.3) is 0 Å². The van der Waals surface area contributed by atoms with Crippen LogP contribution in [0.4, 0.5) is 0 Å². The molecule has 0 aliphatic heterocycles. The monoisotopic (exact) mass is 447 g/mol. The number of amides is 4.